The molecule has 0 aromatic carbocycles. The average Bonchev–Trinajstić information content (AvgIpc) is 2.73. The Kier molecular flexibility index (Phi) is 6.02. The SMILES string of the molecule is Cc1cc(CN(C)C(=O)CC(CN)CC(C)C)no1. The van der Waals surface area contributed by atoms with Crippen LogP contribution in [0.1, 0.15) is 38.1 Å². The largest absolute Gasteiger partial charge is 0.361 e. The van der Waals surface area contributed by atoms with E-state index in [1.54, 1.807) is 11.9 Å². The maximum Gasteiger partial charge on any atom is 0.222 e. The van der Waals surface area contributed by atoms with Crippen LogP contribution < -0.4 is 5.73 Å². The van der Waals surface area contributed by atoms with Gasteiger partial charge in [-0.1, -0.05) is 19.0 Å². The van der Waals surface area contributed by atoms with Crippen molar-refractivity contribution in [3.63, 3.8) is 0 Å². The van der Waals surface area contributed by atoms with E-state index in [4.69, 9.17) is 10.3 Å². The van der Waals surface area contributed by atoms with Crippen LogP contribution in [0.25, 0.3) is 0 Å². The summed E-state index contributed by atoms with van der Waals surface area (Å²) < 4.78 is 4.99. The lowest BCUT2D eigenvalue weighted by Gasteiger charge is -2.21. The first-order valence-corrected chi connectivity index (χ1v) is 6.78. The van der Waals surface area contributed by atoms with Crippen molar-refractivity contribution >= 4 is 5.91 Å². The second-order valence-corrected chi connectivity index (χ2v) is 5.61. The number of nitrogens with zero attached hydrogens (tertiary/aromatic N) is 2. The second kappa shape index (κ2) is 7.28. The number of nitrogens with two attached hydrogens (primary N) is 1. The van der Waals surface area contributed by atoms with Crippen molar-refractivity contribution in [3.8, 4) is 0 Å². The zero-order chi connectivity index (χ0) is 14.4. The summed E-state index contributed by atoms with van der Waals surface area (Å²) in [5, 5.41) is 3.89. The molecule has 5 heteroatoms. The number of carbonyl (C=O) groups excluding carboxylic acids is 1. The van der Waals surface area contributed by atoms with E-state index in [-0.39, 0.29) is 11.8 Å². The third-order valence-corrected chi connectivity index (χ3v) is 3.10. The summed E-state index contributed by atoms with van der Waals surface area (Å²) in [6.45, 7) is 7.17. The molecular formula is C14H25N3O2. The molecule has 0 saturated carbocycles. The average molecular weight is 267 g/mol. The Balaban J connectivity index is 2.47. The van der Waals surface area contributed by atoms with Crippen molar-refractivity contribution in [3.05, 3.63) is 17.5 Å². The highest BCUT2D eigenvalue weighted by Crippen LogP contribution is 2.16. The number of carbonyl (C=O) groups is 1. The standard InChI is InChI=1S/C14H25N3O2/c1-10(2)5-12(8-15)7-14(18)17(4)9-13-6-11(3)19-16-13/h6,10,12H,5,7-9,15H2,1-4H3. The number of aryl methyl sites for hydroxylation is 1. The number of rotatable bonds is 7. The molecule has 19 heavy (non-hydrogen) atoms. The first kappa shape index (κ1) is 15.7. The molecule has 0 saturated heterocycles. The highest BCUT2D eigenvalue weighted by molar-refractivity contribution is 5.76. The Morgan fingerprint density at radius 2 is 2.21 bits per heavy atom. The van der Waals surface area contributed by atoms with E-state index in [2.05, 4.69) is 19.0 Å². The molecule has 0 aliphatic rings. The van der Waals surface area contributed by atoms with Crippen molar-refractivity contribution in [1.29, 1.82) is 0 Å². The van der Waals surface area contributed by atoms with Crippen molar-refractivity contribution in [1.82, 2.24) is 10.1 Å². The van der Waals surface area contributed by atoms with E-state index >= 15 is 0 Å². The molecule has 1 heterocycles. The zero-order valence-corrected chi connectivity index (χ0v) is 12.3. The summed E-state index contributed by atoms with van der Waals surface area (Å²) in [4.78, 5) is 13.8. The Hall–Kier alpha value is -1.36. The van der Waals surface area contributed by atoms with Gasteiger partial charge in [-0.15, -0.1) is 0 Å². The van der Waals surface area contributed by atoms with Crippen LogP contribution in [-0.4, -0.2) is 29.6 Å². The quantitative estimate of drug-likeness (QED) is 0.819. The Morgan fingerprint density at radius 3 is 2.68 bits per heavy atom. The monoisotopic (exact) mass is 267 g/mol. The summed E-state index contributed by atoms with van der Waals surface area (Å²) in [5.74, 6) is 1.69. The highest BCUT2D eigenvalue weighted by atomic mass is 16.5. The number of hydrogen-bond donors (Lipinski definition) is 1. The van der Waals surface area contributed by atoms with Gasteiger partial charge in [0.05, 0.1) is 6.54 Å². The van der Waals surface area contributed by atoms with E-state index in [0.29, 0.717) is 25.4 Å². The summed E-state index contributed by atoms with van der Waals surface area (Å²) in [6.07, 6.45) is 1.49. The molecule has 1 amide bonds. The van der Waals surface area contributed by atoms with Gasteiger partial charge in [0, 0.05) is 19.5 Å². The molecule has 1 aromatic heterocycles. The second-order valence-electron chi connectivity index (χ2n) is 5.61. The fraction of sp³-hybridized carbons (Fsp3) is 0.714. The Bertz CT molecular complexity index is 401. The molecule has 0 bridgehead atoms. The Labute approximate surface area is 115 Å². The Morgan fingerprint density at radius 1 is 1.53 bits per heavy atom. The van der Waals surface area contributed by atoms with E-state index in [0.717, 1.165) is 17.9 Å². The molecule has 1 unspecified atom stereocenters. The van der Waals surface area contributed by atoms with Gasteiger partial charge < -0.3 is 15.2 Å². The van der Waals surface area contributed by atoms with Gasteiger partial charge >= 0.3 is 0 Å². The van der Waals surface area contributed by atoms with Gasteiger partial charge in [-0.05, 0) is 31.7 Å². The van der Waals surface area contributed by atoms with Crippen LogP contribution in [0.5, 0.6) is 0 Å². The molecule has 1 aromatic rings. The lowest BCUT2D eigenvalue weighted by Crippen LogP contribution is -2.30. The van der Waals surface area contributed by atoms with Crippen molar-refractivity contribution in [2.75, 3.05) is 13.6 Å². The molecule has 5 nitrogen and oxygen atoms in total. The van der Waals surface area contributed by atoms with Crippen molar-refractivity contribution in [2.45, 2.75) is 40.2 Å². The normalized spacial score (nSPS) is 12.7. The van der Waals surface area contributed by atoms with Gasteiger partial charge in [0.1, 0.15) is 11.5 Å². The highest BCUT2D eigenvalue weighted by Gasteiger charge is 2.18. The smallest absolute Gasteiger partial charge is 0.222 e. The predicted molar refractivity (Wildman–Crippen MR) is 74.3 cm³/mol. The van der Waals surface area contributed by atoms with Gasteiger partial charge in [0.25, 0.3) is 0 Å². The van der Waals surface area contributed by atoms with Crippen LogP contribution in [-0.2, 0) is 11.3 Å². The maximum atomic E-state index is 12.1. The summed E-state index contributed by atoms with van der Waals surface area (Å²) in [5.41, 5.74) is 6.51. The van der Waals surface area contributed by atoms with Crippen LogP contribution in [0.4, 0.5) is 0 Å². The van der Waals surface area contributed by atoms with Gasteiger partial charge in [-0.25, -0.2) is 0 Å². The summed E-state index contributed by atoms with van der Waals surface area (Å²) in [6, 6.07) is 1.85. The fourth-order valence-corrected chi connectivity index (χ4v) is 2.16. The van der Waals surface area contributed by atoms with E-state index < -0.39 is 0 Å². The minimum atomic E-state index is 0.108. The molecule has 0 spiro atoms. The number of aromatic nitrogens is 1. The minimum absolute atomic E-state index is 0.108. The predicted octanol–water partition coefficient (Wildman–Crippen LogP) is 1.95. The van der Waals surface area contributed by atoms with Gasteiger partial charge in [-0.3, -0.25) is 4.79 Å². The summed E-state index contributed by atoms with van der Waals surface area (Å²) >= 11 is 0. The molecule has 2 N–H and O–H groups in total. The molecule has 108 valence electrons. The van der Waals surface area contributed by atoms with Crippen LogP contribution in [0.15, 0.2) is 10.6 Å². The zero-order valence-electron chi connectivity index (χ0n) is 12.3. The first-order valence-electron chi connectivity index (χ1n) is 6.78. The van der Waals surface area contributed by atoms with E-state index in [1.165, 1.54) is 0 Å². The lowest BCUT2D eigenvalue weighted by atomic mass is 9.94. The van der Waals surface area contributed by atoms with Crippen LogP contribution in [0.3, 0.4) is 0 Å². The molecule has 0 radical (unpaired) electrons. The molecule has 1 rings (SSSR count). The number of amides is 1. The number of hydrogen-bond acceptors (Lipinski definition) is 4. The topological polar surface area (TPSA) is 72.4 Å². The first-order chi connectivity index (χ1) is 8.92. The lowest BCUT2D eigenvalue weighted by molar-refractivity contribution is -0.131. The maximum absolute atomic E-state index is 12.1. The third-order valence-electron chi connectivity index (χ3n) is 3.10. The van der Waals surface area contributed by atoms with Crippen LogP contribution >= 0.6 is 0 Å². The summed E-state index contributed by atoms with van der Waals surface area (Å²) in [7, 11) is 1.79. The molecule has 1 atom stereocenters. The molecular weight excluding hydrogens is 242 g/mol. The van der Waals surface area contributed by atoms with Crippen molar-refractivity contribution < 1.29 is 9.32 Å². The van der Waals surface area contributed by atoms with Gasteiger partial charge in [0.15, 0.2) is 0 Å². The van der Waals surface area contributed by atoms with Crippen LogP contribution in [0.2, 0.25) is 0 Å². The van der Waals surface area contributed by atoms with Crippen LogP contribution in [0, 0.1) is 18.8 Å². The minimum Gasteiger partial charge on any atom is -0.361 e. The van der Waals surface area contributed by atoms with E-state index in [1.807, 2.05) is 13.0 Å². The molecule has 0 aliphatic heterocycles. The van der Waals surface area contributed by atoms with Crippen molar-refractivity contribution in [2.24, 2.45) is 17.6 Å². The molecule has 0 aliphatic carbocycles. The van der Waals surface area contributed by atoms with E-state index in [9.17, 15) is 4.79 Å². The third kappa shape index (κ3) is 5.42. The van der Waals surface area contributed by atoms with Gasteiger partial charge in [-0.2, -0.15) is 0 Å². The fourth-order valence-electron chi connectivity index (χ4n) is 2.16. The van der Waals surface area contributed by atoms with Gasteiger partial charge in [0.2, 0.25) is 5.91 Å². The molecule has 0 fully saturated rings.